The van der Waals surface area contributed by atoms with E-state index in [1.165, 1.54) is 11.8 Å². The van der Waals surface area contributed by atoms with E-state index in [9.17, 15) is 9.90 Å². The molecule has 1 fully saturated rings. The van der Waals surface area contributed by atoms with E-state index < -0.39 is 0 Å². The molecule has 1 heterocycles. The summed E-state index contributed by atoms with van der Waals surface area (Å²) in [5, 5.41) is 17.1. The fraction of sp³-hybridized carbons (Fsp3) is 0.800. The number of aliphatic hydroxyl groups is 1. The van der Waals surface area contributed by atoms with Gasteiger partial charge in [0.25, 0.3) is 0 Å². The normalized spacial score (nSPS) is 25.5. The van der Waals surface area contributed by atoms with Gasteiger partial charge in [-0.15, -0.1) is 5.10 Å². The number of aromatic amines is 1. The van der Waals surface area contributed by atoms with Crippen molar-refractivity contribution in [3.05, 3.63) is 10.5 Å². The van der Waals surface area contributed by atoms with E-state index in [2.05, 4.69) is 10.2 Å². The highest BCUT2D eigenvalue weighted by molar-refractivity contribution is 7.99. The molecule has 1 aromatic heterocycles. The van der Waals surface area contributed by atoms with E-state index in [1.54, 1.807) is 4.57 Å². The highest BCUT2D eigenvalue weighted by atomic mass is 32.2. The Morgan fingerprint density at radius 3 is 2.88 bits per heavy atom. The predicted octanol–water partition coefficient (Wildman–Crippen LogP) is 1.16. The van der Waals surface area contributed by atoms with Crippen LogP contribution in [-0.2, 0) is 0 Å². The van der Waals surface area contributed by atoms with Crippen molar-refractivity contribution in [2.24, 2.45) is 0 Å². The molecule has 2 rings (SSSR count). The molecule has 6 heteroatoms. The first kappa shape index (κ1) is 11.7. The van der Waals surface area contributed by atoms with Gasteiger partial charge in [0.05, 0.1) is 6.10 Å². The summed E-state index contributed by atoms with van der Waals surface area (Å²) in [6, 6.07) is 0.0901. The molecular formula is C10H17N3O2S. The smallest absolute Gasteiger partial charge is 0.344 e. The van der Waals surface area contributed by atoms with Crippen LogP contribution in [0.5, 0.6) is 0 Å². The molecule has 1 saturated carbocycles. The molecule has 0 unspecified atom stereocenters. The second-order valence-electron chi connectivity index (χ2n) is 4.43. The average molecular weight is 243 g/mol. The minimum Gasteiger partial charge on any atom is -0.392 e. The SMILES string of the molecule is CC(C)n1c(S[C@@H]2CCC[C@H]2O)n[nH]c1=O. The zero-order chi connectivity index (χ0) is 11.7. The Balaban J connectivity index is 2.18. The third-order valence-corrected chi connectivity index (χ3v) is 4.21. The Hall–Kier alpha value is -0.750. The molecule has 5 nitrogen and oxygen atoms in total. The maximum Gasteiger partial charge on any atom is 0.344 e. The minimum absolute atomic E-state index is 0.0901. The number of aromatic nitrogens is 3. The zero-order valence-electron chi connectivity index (χ0n) is 9.51. The van der Waals surface area contributed by atoms with Crippen molar-refractivity contribution in [1.29, 1.82) is 0 Å². The van der Waals surface area contributed by atoms with Crippen molar-refractivity contribution in [2.75, 3.05) is 0 Å². The second kappa shape index (κ2) is 4.63. The van der Waals surface area contributed by atoms with Crippen molar-refractivity contribution in [2.45, 2.75) is 55.7 Å². The largest absolute Gasteiger partial charge is 0.392 e. The number of hydrogen-bond acceptors (Lipinski definition) is 4. The van der Waals surface area contributed by atoms with Gasteiger partial charge in [0.2, 0.25) is 0 Å². The third kappa shape index (κ3) is 2.17. The standard InChI is InChI=1S/C10H17N3O2S/c1-6(2)13-9(15)11-12-10(13)16-8-5-3-4-7(8)14/h6-8,14H,3-5H2,1-2H3,(H,11,15)/t7-,8-/m1/s1. The minimum atomic E-state index is -0.266. The number of rotatable bonds is 3. The van der Waals surface area contributed by atoms with Gasteiger partial charge in [-0.25, -0.2) is 9.89 Å². The van der Waals surface area contributed by atoms with Gasteiger partial charge in [0.15, 0.2) is 5.16 Å². The van der Waals surface area contributed by atoms with Gasteiger partial charge < -0.3 is 5.11 Å². The van der Waals surface area contributed by atoms with Crippen LogP contribution < -0.4 is 5.69 Å². The molecule has 16 heavy (non-hydrogen) atoms. The van der Waals surface area contributed by atoms with Gasteiger partial charge in [0, 0.05) is 11.3 Å². The van der Waals surface area contributed by atoms with E-state index >= 15 is 0 Å². The molecule has 0 aromatic carbocycles. The lowest BCUT2D eigenvalue weighted by Gasteiger charge is -2.14. The summed E-state index contributed by atoms with van der Waals surface area (Å²) >= 11 is 1.51. The molecule has 0 bridgehead atoms. The van der Waals surface area contributed by atoms with Gasteiger partial charge in [-0.05, 0) is 33.1 Å². The predicted molar refractivity (Wildman–Crippen MR) is 62.7 cm³/mol. The lowest BCUT2D eigenvalue weighted by atomic mass is 10.3. The summed E-state index contributed by atoms with van der Waals surface area (Å²) in [7, 11) is 0. The molecule has 1 aliphatic rings. The summed E-state index contributed by atoms with van der Waals surface area (Å²) in [6.45, 7) is 3.90. The molecule has 0 radical (unpaired) electrons. The Kier molecular flexibility index (Phi) is 3.39. The van der Waals surface area contributed by atoms with Crippen molar-refractivity contribution in [3.63, 3.8) is 0 Å². The molecule has 0 amide bonds. The monoisotopic (exact) mass is 243 g/mol. The molecule has 0 saturated heterocycles. The van der Waals surface area contributed by atoms with Gasteiger partial charge >= 0.3 is 5.69 Å². The lowest BCUT2D eigenvalue weighted by Crippen LogP contribution is -2.21. The first-order valence-corrected chi connectivity index (χ1v) is 6.49. The average Bonchev–Trinajstić information content (AvgIpc) is 2.75. The molecule has 1 aliphatic carbocycles. The number of H-pyrrole nitrogens is 1. The van der Waals surface area contributed by atoms with E-state index in [-0.39, 0.29) is 23.1 Å². The quantitative estimate of drug-likeness (QED) is 0.835. The van der Waals surface area contributed by atoms with Gasteiger partial charge in [-0.1, -0.05) is 11.8 Å². The van der Waals surface area contributed by atoms with E-state index in [0.29, 0.717) is 5.16 Å². The van der Waals surface area contributed by atoms with Gasteiger partial charge in [-0.2, -0.15) is 0 Å². The number of aliphatic hydroxyl groups excluding tert-OH is 1. The fourth-order valence-corrected chi connectivity index (χ4v) is 3.36. The highest BCUT2D eigenvalue weighted by Crippen LogP contribution is 2.34. The number of hydrogen-bond donors (Lipinski definition) is 2. The first-order chi connectivity index (χ1) is 7.59. The maximum atomic E-state index is 11.5. The molecule has 90 valence electrons. The van der Waals surface area contributed by atoms with Crippen LogP contribution in [0.1, 0.15) is 39.2 Å². The summed E-state index contributed by atoms with van der Waals surface area (Å²) in [5.41, 5.74) is -0.176. The lowest BCUT2D eigenvalue weighted by molar-refractivity contribution is 0.188. The summed E-state index contributed by atoms with van der Waals surface area (Å²) < 4.78 is 1.63. The maximum absolute atomic E-state index is 11.5. The molecule has 0 aliphatic heterocycles. The molecule has 0 spiro atoms. The highest BCUT2D eigenvalue weighted by Gasteiger charge is 2.28. The second-order valence-corrected chi connectivity index (χ2v) is 5.64. The van der Waals surface area contributed by atoms with Gasteiger partial charge in [0.1, 0.15) is 0 Å². The van der Waals surface area contributed by atoms with Crippen molar-refractivity contribution < 1.29 is 5.11 Å². The van der Waals surface area contributed by atoms with Gasteiger partial charge in [-0.3, -0.25) is 4.57 Å². The third-order valence-electron chi connectivity index (χ3n) is 2.86. The van der Waals surface area contributed by atoms with Crippen LogP contribution >= 0.6 is 11.8 Å². The van der Waals surface area contributed by atoms with Crippen molar-refractivity contribution in [3.8, 4) is 0 Å². The van der Waals surface area contributed by atoms with Crippen LogP contribution in [0.25, 0.3) is 0 Å². The van der Waals surface area contributed by atoms with Crippen molar-refractivity contribution in [1.82, 2.24) is 14.8 Å². The topological polar surface area (TPSA) is 70.9 Å². The Bertz CT molecular complexity index is 412. The molecule has 2 N–H and O–H groups in total. The number of nitrogens with zero attached hydrogens (tertiary/aromatic N) is 2. The van der Waals surface area contributed by atoms with Crippen LogP contribution in [0.2, 0.25) is 0 Å². The summed E-state index contributed by atoms with van der Waals surface area (Å²) in [6.07, 6.45) is 2.63. The summed E-state index contributed by atoms with van der Waals surface area (Å²) in [4.78, 5) is 11.5. The number of thioether (sulfide) groups is 1. The first-order valence-electron chi connectivity index (χ1n) is 5.61. The van der Waals surface area contributed by atoms with Crippen LogP contribution in [0.15, 0.2) is 9.95 Å². The number of nitrogens with one attached hydrogen (secondary N) is 1. The molecule has 2 atom stereocenters. The zero-order valence-corrected chi connectivity index (χ0v) is 10.3. The Labute approximate surface area is 98.3 Å². The molecule has 1 aromatic rings. The van der Waals surface area contributed by atoms with E-state index in [1.807, 2.05) is 13.8 Å². The van der Waals surface area contributed by atoms with Crippen LogP contribution in [0.3, 0.4) is 0 Å². The van der Waals surface area contributed by atoms with Crippen LogP contribution in [0.4, 0.5) is 0 Å². The van der Waals surface area contributed by atoms with Crippen LogP contribution in [0, 0.1) is 0 Å². The summed E-state index contributed by atoms with van der Waals surface area (Å²) in [5.74, 6) is 0. The van der Waals surface area contributed by atoms with E-state index in [4.69, 9.17) is 0 Å². The van der Waals surface area contributed by atoms with Crippen LogP contribution in [-0.4, -0.2) is 31.2 Å². The Morgan fingerprint density at radius 1 is 1.56 bits per heavy atom. The van der Waals surface area contributed by atoms with Crippen molar-refractivity contribution >= 4 is 11.8 Å². The Morgan fingerprint density at radius 2 is 2.31 bits per heavy atom. The molecular weight excluding hydrogens is 226 g/mol. The van der Waals surface area contributed by atoms with E-state index in [0.717, 1.165) is 19.3 Å². The fourth-order valence-electron chi connectivity index (χ4n) is 2.01.